The summed E-state index contributed by atoms with van der Waals surface area (Å²) in [5, 5.41) is 12.2. The van der Waals surface area contributed by atoms with Crippen molar-refractivity contribution in [2.45, 2.75) is 0 Å². The van der Waals surface area contributed by atoms with E-state index in [4.69, 9.17) is 11.6 Å². The Labute approximate surface area is 121 Å². The van der Waals surface area contributed by atoms with Gasteiger partial charge in [-0.05, 0) is 40.8 Å². The Morgan fingerprint density at radius 3 is 2.78 bits per heavy atom. The number of benzene rings is 1. The number of halogens is 2. The fourth-order valence-electron chi connectivity index (χ4n) is 1.27. The molecule has 0 spiro atoms. The van der Waals surface area contributed by atoms with Crippen LogP contribution in [0.3, 0.4) is 0 Å². The summed E-state index contributed by atoms with van der Waals surface area (Å²) in [6, 6.07) is 4.71. The molecule has 0 saturated carbocycles. The fourth-order valence-corrected chi connectivity index (χ4v) is 1.91. The lowest BCUT2D eigenvalue weighted by atomic mass is 10.2. The van der Waals surface area contributed by atoms with Crippen molar-refractivity contribution in [1.82, 2.24) is 9.97 Å². The first-order valence-electron chi connectivity index (χ1n) is 4.84. The first-order valence-corrected chi connectivity index (χ1v) is 6.30. The van der Waals surface area contributed by atoms with Gasteiger partial charge in [-0.25, -0.2) is 9.97 Å². The lowest BCUT2D eigenvalue weighted by Gasteiger charge is -2.07. The van der Waals surface area contributed by atoms with Gasteiger partial charge in [-0.1, -0.05) is 11.6 Å². The summed E-state index contributed by atoms with van der Waals surface area (Å²) in [6.45, 7) is 0. The highest BCUT2D eigenvalue weighted by molar-refractivity contribution is 14.1. The lowest BCUT2D eigenvalue weighted by molar-refractivity contribution is 0.102. The number of phenolic OH excluding ortho intramolecular Hbond substituents is 1. The van der Waals surface area contributed by atoms with Crippen LogP contribution < -0.4 is 5.32 Å². The van der Waals surface area contributed by atoms with Gasteiger partial charge in [0.05, 0.1) is 5.56 Å². The number of carbonyl (C=O) groups excluding carboxylic acids is 1. The van der Waals surface area contributed by atoms with Gasteiger partial charge in [0.1, 0.15) is 5.75 Å². The molecule has 0 aliphatic carbocycles. The largest absolute Gasteiger partial charge is 0.507 e. The van der Waals surface area contributed by atoms with E-state index in [1.54, 1.807) is 12.1 Å². The Morgan fingerprint density at radius 2 is 2.06 bits per heavy atom. The van der Waals surface area contributed by atoms with E-state index in [1.807, 2.05) is 22.6 Å². The number of phenols is 1. The van der Waals surface area contributed by atoms with Gasteiger partial charge in [0.2, 0.25) is 0 Å². The maximum Gasteiger partial charge on any atom is 0.260 e. The van der Waals surface area contributed by atoms with E-state index in [1.165, 1.54) is 18.5 Å². The van der Waals surface area contributed by atoms with Gasteiger partial charge >= 0.3 is 0 Å². The number of anilines is 1. The Bertz CT molecular complexity index is 607. The minimum absolute atomic E-state index is 0.0935. The van der Waals surface area contributed by atoms with Crippen molar-refractivity contribution in [3.8, 4) is 5.75 Å². The number of aromatic hydroxyl groups is 1. The summed E-state index contributed by atoms with van der Waals surface area (Å²) in [7, 11) is 0. The van der Waals surface area contributed by atoms with Crippen LogP contribution in [0.5, 0.6) is 5.75 Å². The third-order valence-electron chi connectivity index (χ3n) is 2.09. The monoisotopic (exact) mass is 375 g/mol. The molecule has 1 aromatic heterocycles. The zero-order chi connectivity index (χ0) is 13.1. The summed E-state index contributed by atoms with van der Waals surface area (Å²) in [6.07, 6.45) is 2.83. The Balaban J connectivity index is 2.28. The Kier molecular flexibility index (Phi) is 3.97. The maximum atomic E-state index is 11.9. The van der Waals surface area contributed by atoms with Crippen molar-refractivity contribution >= 4 is 45.9 Å². The van der Waals surface area contributed by atoms with E-state index in [0.717, 1.165) is 3.57 Å². The van der Waals surface area contributed by atoms with Crippen LogP contribution in [0.25, 0.3) is 0 Å². The molecule has 0 atom stereocenters. The highest BCUT2D eigenvalue weighted by atomic mass is 127. The second-order valence-corrected chi connectivity index (χ2v) is 4.91. The molecular formula is C11H7ClIN3O2. The van der Waals surface area contributed by atoms with E-state index in [9.17, 15) is 9.90 Å². The molecule has 0 fully saturated rings. The lowest BCUT2D eigenvalue weighted by Crippen LogP contribution is -2.14. The van der Waals surface area contributed by atoms with Crippen molar-refractivity contribution in [2.24, 2.45) is 0 Å². The average molecular weight is 376 g/mol. The minimum Gasteiger partial charge on any atom is -0.507 e. The number of amides is 1. The van der Waals surface area contributed by atoms with Crippen LogP contribution in [0.2, 0.25) is 5.15 Å². The van der Waals surface area contributed by atoms with Crippen molar-refractivity contribution in [3.63, 3.8) is 0 Å². The molecule has 18 heavy (non-hydrogen) atoms. The van der Waals surface area contributed by atoms with E-state index >= 15 is 0 Å². The summed E-state index contributed by atoms with van der Waals surface area (Å²) < 4.78 is 0.834. The molecule has 1 amide bonds. The third-order valence-corrected chi connectivity index (χ3v) is 3.04. The van der Waals surface area contributed by atoms with Crippen LogP contribution in [0, 0.1) is 3.57 Å². The molecular weight excluding hydrogens is 368 g/mol. The molecule has 0 aliphatic heterocycles. The van der Waals surface area contributed by atoms with E-state index < -0.39 is 5.91 Å². The quantitative estimate of drug-likeness (QED) is 0.792. The second-order valence-electron chi connectivity index (χ2n) is 3.31. The Morgan fingerprint density at radius 1 is 1.33 bits per heavy atom. The highest BCUT2D eigenvalue weighted by Crippen LogP contribution is 2.22. The predicted molar refractivity (Wildman–Crippen MR) is 75.8 cm³/mol. The molecule has 0 radical (unpaired) electrons. The van der Waals surface area contributed by atoms with Gasteiger partial charge in [-0.3, -0.25) is 4.79 Å². The number of hydrogen-bond donors (Lipinski definition) is 2. The minimum atomic E-state index is -0.492. The number of nitrogens with one attached hydrogen (secondary N) is 1. The second kappa shape index (κ2) is 5.49. The molecule has 0 saturated heterocycles. The van der Waals surface area contributed by atoms with Crippen molar-refractivity contribution in [3.05, 3.63) is 44.9 Å². The first kappa shape index (κ1) is 13.0. The third kappa shape index (κ3) is 2.88. The molecule has 7 heteroatoms. The number of carbonyl (C=O) groups is 1. The van der Waals surface area contributed by atoms with Crippen LogP contribution in [0.15, 0.2) is 30.6 Å². The molecule has 0 unspecified atom stereocenters. The predicted octanol–water partition coefficient (Wildman–Crippen LogP) is 2.69. The van der Waals surface area contributed by atoms with Crippen LogP contribution in [-0.2, 0) is 0 Å². The van der Waals surface area contributed by atoms with Crippen molar-refractivity contribution in [1.29, 1.82) is 0 Å². The standard InChI is InChI=1S/C11H7ClIN3O2/c12-9-10(15-4-3-14-9)16-11(18)7-5-6(13)1-2-8(7)17/h1-5,17H,(H,15,16,18). The van der Waals surface area contributed by atoms with Gasteiger partial charge in [-0.15, -0.1) is 0 Å². The van der Waals surface area contributed by atoms with Crippen molar-refractivity contribution < 1.29 is 9.90 Å². The van der Waals surface area contributed by atoms with Gasteiger partial charge in [-0.2, -0.15) is 0 Å². The van der Waals surface area contributed by atoms with Crippen LogP contribution in [-0.4, -0.2) is 21.0 Å². The molecule has 0 bridgehead atoms. The smallest absolute Gasteiger partial charge is 0.260 e. The summed E-state index contributed by atoms with van der Waals surface area (Å²) in [4.78, 5) is 19.6. The number of aromatic nitrogens is 2. The molecule has 92 valence electrons. The topological polar surface area (TPSA) is 75.1 Å². The number of rotatable bonds is 2. The van der Waals surface area contributed by atoms with Gasteiger partial charge in [0.25, 0.3) is 5.91 Å². The van der Waals surface area contributed by atoms with Crippen LogP contribution >= 0.6 is 34.2 Å². The zero-order valence-electron chi connectivity index (χ0n) is 8.89. The molecule has 0 aliphatic rings. The highest BCUT2D eigenvalue weighted by Gasteiger charge is 2.14. The molecule has 2 N–H and O–H groups in total. The first-order chi connectivity index (χ1) is 8.58. The molecule has 1 heterocycles. The normalized spacial score (nSPS) is 10.1. The molecule has 2 rings (SSSR count). The Hall–Kier alpha value is -1.41. The summed E-state index contributed by atoms with van der Waals surface area (Å²) >= 11 is 7.82. The average Bonchev–Trinajstić information content (AvgIpc) is 2.35. The number of nitrogens with zero attached hydrogens (tertiary/aromatic N) is 2. The molecule has 5 nitrogen and oxygen atoms in total. The summed E-state index contributed by atoms with van der Waals surface area (Å²) in [5.74, 6) is -0.441. The van der Waals surface area contributed by atoms with Gasteiger partial charge in [0, 0.05) is 16.0 Å². The maximum absolute atomic E-state index is 11.9. The van der Waals surface area contributed by atoms with Crippen LogP contribution in [0.1, 0.15) is 10.4 Å². The number of hydrogen-bond acceptors (Lipinski definition) is 4. The fraction of sp³-hybridized carbons (Fsp3) is 0. The zero-order valence-corrected chi connectivity index (χ0v) is 11.8. The molecule has 2 aromatic rings. The molecule has 1 aromatic carbocycles. The summed E-state index contributed by atoms with van der Waals surface area (Å²) in [5.41, 5.74) is 0.156. The van der Waals surface area contributed by atoms with E-state index in [-0.39, 0.29) is 22.3 Å². The van der Waals surface area contributed by atoms with E-state index in [2.05, 4.69) is 15.3 Å². The van der Waals surface area contributed by atoms with Crippen LogP contribution in [0.4, 0.5) is 5.82 Å². The SMILES string of the molecule is O=C(Nc1nccnc1Cl)c1cc(I)ccc1O. The van der Waals surface area contributed by atoms with E-state index in [0.29, 0.717) is 0 Å². The van der Waals surface area contributed by atoms with Gasteiger partial charge in [0.15, 0.2) is 11.0 Å². The van der Waals surface area contributed by atoms with Crippen molar-refractivity contribution in [2.75, 3.05) is 5.32 Å². The van der Waals surface area contributed by atoms with Gasteiger partial charge < -0.3 is 10.4 Å².